The average Bonchev–Trinajstić information content (AvgIpc) is 3.17. The number of carbonyl (C=O) groups excluding carboxylic acids is 1. The molecule has 1 amide bonds. The van der Waals surface area contributed by atoms with Crippen molar-refractivity contribution in [3.63, 3.8) is 0 Å². The molecule has 0 heterocycles. The molecule has 29 heavy (non-hydrogen) atoms. The number of thioether (sulfide) groups is 1. The maximum absolute atomic E-state index is 13.0. The van der Waals surface area contributed by atoms with Crippen LogP contribution in [0.3, 0.4) is 0 Å². The first-order valence-corrected chi connectivity index (χ1v) is 10.5. The van der Waals surface area contributed by atoms with Gasteiger partial charge in [-0.1, -0.05) is 36.4 Å². The van der Waals surface area contributed by atoms with Gasteiger partial charge in [0.2, 0.25) is 0 Å². The van der Waals surface area contributed by atoms with Crippen LogP contribution in [0, 0.1) is 11.3 Å². The Morgan fingerprint density at radius 2 is 1.90 bits per heavy atom. The smallest absolute Gasteiger partial charge is 0.252 e. The highest BCUT2D eigenvalue weighted by Crippen LogP contribution is 2.36. The van der Waals surface area contributed by atoms with Crippen LogP contribution >= 0.6 is 11.8 Å². The van der Waals surface area contributed by atoms with E-state index >= 15 is 0 Å². The van der Waals surface area contributed by atoms with E-state index < -0.39 is 0 Å². The van der Waals surface area contributed by atoms with Gasteiger partial charge in [0.1, 0.15) is 5.75 Å². The van der Waals surface area contributed by atoms with E-state index in [1.807, 2.05) is 60.7 Å². The number of phenolic OH excluding ortho intramolecular Hbond substituents is 1. The van der Waals surface area contributed by atoms with Crippen LogP contribution in [0.1, 0.15) is 45.1 Å². The number of benzene rings is 3. The van der Waals surface area contributed by atoms with Crippen molar-refractivity contribution < 1.29 is 9.90 Å². The Bertz CT molecular complexity index is 1090. The van der Waals surface area contributed by atoms with E-state index in [-0.39, 0.29) is 11.9 Å². The van der Waals surface area contributed by atoms with E-state index in [0.29, 0.717) is 16.9 Å². The molecule has 4 rings (SSSR count). The first-order chi connectivity index (χ1) is 14.2. The lowest BCUT2D eigenvalue weighted by Gasteiger charge is -2.16. The Hall–Kier alpha value is -3.23. The summed E-state index contributed by atoms with van der Waals surface area (Å²) < 4.78 is 0. The van der Waals surface area contributed by atoms with Gasteiger partial charge in [-0.25, -0.2) is 0 Å². The summed E-state index contributed by atoms with van der Waals surface area (Å²) in [5.41, 5.74) is 4.33. The number of aromatic hydroxyl groups is 1. The largest absolute Gasteiger partial charge is 0.508 e. The zero-order valence-electron chi connectivity index (χ0n) is 15.8. The molecule has 0 saturated heterocycles. The number of rotatable bonds is 5. The van der Waals surface area contributed by atoms with Gasteiger partial charge in [0.25, 0.3) is 5.91 Å². The second-order valence-electron chi connectivity index (χ2n) is 7.00. The van der Waals surface area contributed by atoms with Crippen molar-refractivity contribution >= 4 is 17.7 Å². The van der Waals surface area contributed by atoms with E-state index in [4.69, 9.17) is 5.26 Å². The minimum atomic E-state index is -0.103. The minimum absolute atomic E-state index is 0.0822. The highest BCUT2D eigenvalue weighted by atomic mass is 32.2. The van der Waals surface area contributed by atoms with Crippen LogP contribution in [0.15, 0.2) is 71.6 Å². The molecular formula is C24H20N2O2S. The molecule has 0 fully saturated rings. The fraction of sp³-hybridized carbons (Fsp3) is 0.167. The number of fused-ring (bicyclic) bond motifs is 1. The van der Waals surface area contributed by atoms with Crippen LogP contribution in [0.25, 0.3) is 0 Å². The topological polar surface area (TPSA) is 73.1 Å². The molecule has 0 aliphatic heterocycles. The summed E-state index contributed by atoms with van der Waals surface area (Å²) >= 11 is 1.60. The molecule has 0 bridgehead atoms. The van der Waals surface area contributed by atoms with Crippen molar-refractivity contribution in [3.8, 4) is 11.8 Å². The van der Waals surface area contributed by atoms with E-state index in [9.17, 15) is 9.90 Å². The Balaban J connectivity index is 1.47. The number of carbonyl (C=O) groups is 1. The van der Waals surface area contributed by atoms with Gasteiger partial charge < -0.3 is 10.4 Å². The van der Waals surface area contributed by atoms with Gasteiger partial charge in [0.15, 0.2) is 0 Å². The molecule has 0 saturated carbocycles. The molecule has 1 aliphatic rings. The van der Waals surface area contributed by atoms with Gasteiger partial charge in [-0.05, 0) is 59.9 Å². The monoisotopic (exact) mass is 400 g/mol. The summed E-state index contributed by atoms with van der Waals surface area (Å²) in [5, 5.41) is 22.1. The van der Waals surface area contributed by atoms with E-state index in [1.54, 1.807) is 17.8 Å². The number of hydrogen-bond acceptors (Lipinski definition) is 4. The third-order valence-electron chi connectivity index (χ3n) is 5.16. The second kappa shape index (κ2) is 8.42. The molecule has 3 aromatic carbocycles. The Morgan fingerprint density at radius 3 is 2.69 bits per heavy atom. The summed E-state index contributed by atoms with van der Waals surface area (Å²) in [6.07, 6.45) is 1.56. The predicted molar refractivity (Wildman–Crippen MR) is 114 cm³/mol. The summed E-state index contributed by atoms with van der Waals surface area (Å²) in [6, 6.07) is 22.6. The number of nitrogens with one attached hydrogen (secondary N) is 1. The maximum atomic E-state index is 13.0. The first kappa shape index (κ1) is 19.1. The van der Waals surface area contributed by atoms with Crippen LogP contribution in [0.2, 0.25) is 0 Å². The SMILES string of the molecule is N#Cc1ccc(CSc2ccccc2C(=O)NC2CCc3c(O)cccc32)cc1. The molecule has 0 aromatic heterocycles. The van der Waals surface area contributed by atoms with Crippen molar-refractivity contribution in [2.24, 2.45) is 0 Å². The van der Waals surface area contributed by atoms with Crippen LogP contribution in [0.5, 0.6) is 5.75 Å². The van der Waals surface area contributed by atoms with Crippen molar-refractivity contribution in [3.05, 3.63) is 94.5 Å². The van der Waals surface area contributed by atoms with Crippen LogP contribution in [0.4, 0.5) is 0 Å². The standard InChI is InChI=1S/C24H20N2O2S/c25-14-16-8-10-17(11-9-16)15-29-23-7-2-1-4-20(23)24(28)26-21-13-12-19-18(21)5-3-6-22(19)27/h1-11,21,27H,12-13,15H2,(H,26,28). The van der Waals surface area contributed by atoms with Crippen LogP contribution < -0.4 is 5.32 Å². The van der Waals surface area contributed by atoms with Crippen molar-refractivity contribution in [1.82, 2.24) is 5.32 Å². The Kier molecular flexibility index (Phi) is 5.55. The molecule has 0 radical (unpaired) electrons. The Morgan fingerprint density at radius 1 is 1.10 bits per heavy atom. The van der Waals surface area contributed by atoms with Crippen molar-refractivity contribution in [1.29, 1.82) is 5.26 Å². The molecule has 4 nitrogen and oxygen atoms in total. The lowest BCUT2D eigenvalue weighted by molar-refractivity contribution is 0.0933. The van der Waals surface area contributed by atoms with Gasteiger partial charge in [-0.15, -0.1) is 11.8 Å². The van der Waals surface area contributed by atoms with Gasteiger partial charge in [-0.2, -0.15) is 5.26 Å². The van der Waals surface area contributed by atoms with Crippen molar-refractivity contribution in [2.45, 2.75) is 29.5 Å². The summed E-state index contributed by atoms with van der Waals surface area (Å²) in [5.74, 6) is 0.919. The number of nitriles is 1. The summed E-state index contributed by atoms with van der Waals surface area (Å²) in [7, 11) is 0. The molecule has 1 aliphatic carbocycles. The molecule has 1 unspecified atom stereocenters. The molecular weight excluding hydrogens is 380 g/mol. The third-order valence-corrected chi connectivity index (χ3v) is 6.31. The van der Waals surface area contributed by atoms with Crippen molar-refractivity contribution in [2.75, 3.05) is 0 Å². The van der Waals surface area contributed by atoms with Crippen LogP contribution in [-0.2, 0) is 12.2 Å². The number of amides is 1. The molecule has 1 atom stereocenters. The predicted octanol–water partition coefficient (Wildman–Crippen LogP) is 4.97. The zero-order valence-corrected chi connectivity index (χ0v) is 16.6. The van der Waals surface area contributed by atoms with Crippen LogP contribution in [-0.4, -0.2) is 11.0 Å². The zero-order chi connectivity index (χ0) is 20.2. The normalized spacial score (nSPS) is 14.8. The van der Waals surface area contributed by atoms with Gasteiger partial charge in [-0.3, -0.25) is 4.79 Å². The molecule has 5 heteroatoms. The lowest BCUT2D eigenvalue weighted by atomic mass is 10.1. The maximum Gasteiger partial charge on any atom is 0.252 e. The van der Waals surface area contributed by atoms with E-state index in [2.05, 4.69) is 11.4 Å². The fourth-order valence-electron chi connectivity index (χ4n) is 3.64. The third kappa shape index (κ3) is 4.13. The van der Waals surface area contributed by atoms with E-state index in [0.717, 1.165) is 40.2 Å². The quantitative estimate of drug-likeness (QED) is 0.593. The van der Waals surface area contributed by atoms with Gasteiger partial charge >= 0.3 is 0 Å². The summed E-state index contributed by atoms with van der Waals surface area (Å²) in [6.45, 7) is 0. The molecule has 2 N–H and O–H groups in total. The Labute approximate surface area is 174 Å². The highest BCUT2D eigenvalue weighted by molar-refractivity contribution is 7.98. The molecule has 144 valence electrons. The van der Waals surface area contributed by atoms with Gasteiger partial charge in [0.05, 0.1) is 23.2 Å². The number of phenols is 1. The molecule has 0 spiro atoms. The second-order valence-corrected chi connectivity index (χ2v) is 8.02. The lowest BCUT2D eigenvalue weighted by Crippen LogP contribution is -2.27. The van der Waals surface area contributed by atoms with Gasteiger partial charge in [0, 0.05) is 10.6 Å². The fourth-order valence-corrected chi connectivity index (χ4v) is 4.64. The highest BCUT2D eigenvalue weighted by Gasteiger charge is 2.26. The average molecular weight is 401 g/mol. The summed E-state index contributed by atoms with van der Waals surface area (Å²) in [4.78, 5) is 13.9. The minimum Gasteiger partial charge on any atom is -0.508 e. The number of nitrogens with zero attached hydrogens (tertiary/aromatic N) is 1. The van der Waals surface area contributed by atoms with E-state index in [1.165, 1.54) is 0 Å². The molecule has 3 aromatic rings. The number of hydrogen-bond donors (Lipinski definition) is 2. The first-order valence-electron chi connectivity index (χ1n) is 9.48.